The van der Waals surface area contributed by atoms with Crippen LogP contribution in [0.3, 0.4) is 0 Å². The van der Waals surface area contributed by atoms with Crippen LogP contribution in [0.5, 0.6) is 5.75 Å². The van der Waals surface area contributed by atoms with Crippen molar-refractivity contribution in [3.63, 3.8) is 0 Å². The van der Waals surface area contributed by atoms with Gasteiger partial charge in [-0.05, 0) is 85.9 Å². The Balaban J connectivity index is 1.47. The van der Waals surface area contributed by atoms with E-state index >= 15 is 0 Å². The zero-order valence-electron chi connectivity index (χ0n) is 23.3. The minimum absolute atomic E-state index is 0.0672. The predicted octanol–water partition coefficient (Wildman–Crippen LogP) is 6.37. The molecule has 1 amide bonds. The van der Waals surface area contributed by atoms with Crippen LogP contribution in [0.25, 0.3) is 11.0 Å². The second-order valence-corrected chi connectivity index (χ2v) is 14.5. The monoisotopic (exact) mass is 592 g/mol. The molecule has 41 heavy (non-hydrogen) atoms. The Labute approximate surface area is 237 Å². The van der Waals surface area contributed by atoms with Crippen molar-refractivity contribution in [1.82, 2.24) is 14.9 Å². The van der Waals surface area contributed by atoms with Gasteiger partial charge in [0.05, 0.1) is 22.5 Å². The molecule has 2 unspecified atom stereocenters. The first kappa shape index (κ1) is 29.2. The first-order chi connectivity index (χ1) is 19.2. The average Bonchev–Trinajstić information content (AvgIpc) is 3.21. The van der Waals surface area contributed by atoms with Crippen molar-refractivity contribution in [2.75, 3.05) is 16.8 Å². The van der Waals surface area contributed by atoms with Gasteiger partial charge in [-0.25, -0.2) is 13.4 Å². The van der Waals surface area contributed by atoms with E-state index in [4.69, 9.17) is 4.98 Å². The molecule has 5 rings (SSSR count). The third kappa shape index (κ3) is 7.14. The number of rotatable bonds is 6. The van der Waals surface area contributed by atoms with Gasteiger partial charge in [-0.3, -0.25) is 4.79 Å². The molecule has 1 aromatic heterocycles. The molecular formula is C29H35F3N4O4S. The molecule has 0 bridgehead atoms. The zero-order valence-corrected chi connectivity index (χ0v) is 24.1. The summed E-state index contributed by atoms with van der Waals surface area (Å²) >= 11 is 0. The summed E-state index contributed by atoms with van der Waals surface area (Å²) < 4.78 is 67.5. The Morgan fingerprint density at radius 1 is 1.07 bits per heavy atom. The summed E-state index contributed by atoms with van der Waals surface area (Å²) in [4.78, 5) is 18.0. The van der Waals surface area contributed by atoms with E-state index in [0.717, 1.165) is 24.8 Å². The van der Waals surface area contributed by atoms with Crippen LogP contribution in [0, 0.1) is 11.3 Å². The molecule has 222 valence electrons. The van der Waals surface area contributed by atoms with E-state index < -0.39 is 16.2 Å². The molecule has 0 spiro atoms. The molecule has 2 N–H and O–H groups in total. The van der Waals surface area contributed by atoms with Crippen molar-refractivity contribution in [2.24, 2.45) is 11.3 Å². The standard InChI is InChI=1S/C29H35F3N4O4S/c1-18-14-22(17-28(2,3)16-18)36-25-15-19(26(37)33-21-10-12-41(38,39)13-11-21)4-9-24(25)35-27(36)34-20-5-7-23(8-6-20)40-29(30,31)32/h4-9,15,18,21-22H,10-14,16-17H2,1-3H3,(H,33,37)(H,34,35). The molecule has 3 aromatic rings. The summed E-state index contributed by atoms with van der Waals surface area (Å²) in [5.41, 5.74) is 2.54. The van der Waals surface area contributed by atoms with Crippen molar-refractivity contribution >= 4 is 38.4 Å². The Bertz CT molecular complexity index is 1520. The largest absolute Gasteiger partial charge is 0.573 e. The number of carbonyl (C=O) groups excluding carboxylic acids is 1. The minimum Gasteiger partial charge on any atom is -0.406 e. The van der Waals surface area contributed by atoms with Gasteiger partial charge in [0, 0.05) is 23.3 Å². The average molecular weight is 593 g/mol. The van der Waals surface area contributed by atoms with E-state index in [0.29, 0.717) is 41.5 Å². The number of aromatic nitrogens is 2. The number of benzene rings is 2. The van der Waals surface area contributed by atoms with Gasteiger partial charge in [0.1, 0.15) is 15.6 Å². The number of sulfone groups is 1. The van der Waals surface area contributed by atoms with Gasteiger partial charge in [-0.2, -0.15) is 0 Å². The van der Waals surface area contributed by atoms with Gasteiger partial charge in [-0.1, -0.05) is 20.8 Å². The molecule has 2 aliphatic rings. The van der Waals surface area contributed by atoms with Gasteiger partial charge in [0.2, 0.25) is 5.95 Å². The van der Waals surface area contributed by atoms with Crippen LogP contribution < -0.4 is 15.4 Å². The summed E-state index contributed by atoms with van der Waals surface area (Å²) in [5, 5.41) is 6.26. The van der Waals surface area contributed by atoms with Crippen molar-refractivity contribution in [1.29, 1.82) is 0 Å². The number of hydrogen-bond acceptors (Lipinski definition) is 6. The van der Waals surface area contributed by atoms with Gasteiger partial charge in [-0.15, -0.1) is 13.2 Å². The summed E-state index contributed by atoms with van der Waals surface area (Å²) in [7, 11) is -3.04. The van der Waals surface area contributed by atoms with E-state index in [-0.39, 0.29) is 40.7 Å². The van der Waals surface area contributed by atoms with Crippen LogP contribution in [-0.2, 0) is 9.84 Å². The number of fused-ring (bicyclic) bond motifs is 1. The number of ether oxygens (including phenoxy) is 1. The van der Waals surface area contributed by atoms with E-state index in [1.165, 1.54) is 24.3 Å². The van der Waals surface area contributed by atoms with Crippen LogP contribution >= 0.6 is 0 Å². The third-order valence-corrected chi connectivity index (χ3v) is 9.63. The van der Waals surface area contributed by atoms with Crippen LogP contribution in [0.15, 0.2) is 42.5 Å². The number of carbonyl (C=O) groups is 1. The highest BCUT2D eigenvalue weighted by molar-refractivity contribution is 7.91. The number of amides is 1. The Kier molecular flexibility index (Phi) is 7.73. The molecule has 1 saturated heterocycles. The highest BCUT2D eigenvalue weighted by Crippen LogP contribution is 2.46. The maximum absolute atomic E-state index is 13.2. The summed E-state index contributed by atoms with van der Waals surface area (Å²) in [6.45, 7) is 6.71. The summed E-state index contributed by atoms with van der Waals surface area (Å²) in [5.74, 6) is 0.549. The molecule has 2 fully saturated rings. The maximum Gasteiger partial charge on any atom is 0.573 e. The van der Waals surface area contributed by atoms with Gasteiger partial charge < -0.3 is 19.9 Å². The minimum atomic E-state index is -4.77. The highest BCUT2D eigenvalue weighted by Gasteiger charge is 2.35. The number of alkyl halides is 3. The molecule has 1 aliphatic heterocycles. The van der Waals surface area contributed by atoms with Gasteiger partial charge in [0.15, 0.2) is 0 Å². The summed E-state index contributed by atoms with van der Waals surface area (Å²) in [6.07, 6.45) is -1.09. The van der Waals surface area contributed by atoms with E-state index in [2.05, 4.69) is 40.7 Å². The van der Waals surface area contributed by atoms with Crippen LogP contribution in [-0.4, -0.2) is 47.8 Å². The fourth-order valence-electron chi connectivity index (χ4n) is 6.36. The lowest BCUT2D eigenvalue weighted by molar-refractivity contribution is -0.274. The third-order valence-electron chi connectivity index (χ3n) is 7.91. The molecule has 1 aliphatic carbocycles. The van der Waals surface area contributed by atoms with Crippen LogP contribution in [0.2, 0.25) is 0 Å². The predicted molar refractivity (Wildman–Crippen MR) is 151 cm³/mol. The lowest BCUT2D eigenvalue weighted by atomic mass is 9.70. The number of nitrogens with one attached hydrogen (secondary N) is 2. The molecule has 12 heteroatoms. The van der Waals surface area contributed by atoms with Crippen LogP contribution in [0.4, 0.5) is 24.8 Å². The Morgan fingerprint density at radius 2 is 1.76 bits per heavy atom. The first-order valence-corrected chi connectivity index (χ1v) is 15.6. The zero-order chi connectivity index (χ0) is 29.6. The molecular weight excluding hydrogens is 557 g/mol. The Morgan fingerprint density at radius 3 is 2.39 bits per heavy atom. The fraction of sp³-hybridized carbons (Fsp3) is 0.517. The lowest BCUT2D eigenvalue weighted by Crippen LogP contribution is -2.40. The fourth-order valence-corrected chi connectivity index (χ4v) is 7.85. The topological polar surface area (TPSA) is 102 Å². The second-order valence-electron chi connectivity index (χ2n) is 12.2. The summed E-state index contributed by atoms with van der Waals surface area (Å²) in [6, 6.07) is 10.7. The van der Waals surface area contributed by atoms with Gasteiger partial charge >= 0.3 is 6.36 Å². The Hall–Kier alpha value is -3.28. The molecule has 1 saturated carbocycles. The van der Waals surface area contributed by atoms with Crippen molar-refractivity contribution in [2.45, 2.75) is 71.3 Å². The van der Waals surface area contributed by atoms with Crippen molar-refractivity contribution in [3.05, 3.63) is 48.0 Å². The highest BCUT2D eigenvalue weighted by atomic mass is 32.2. The van der Waals surface area contributed by atoms with Gasteiger partial charge in [0.25, 0.3) is 5.91 Å². The molecule has 2 atom stereocenters. The van der Waals surface area contributed by atoms with Crippen molar-refractivity contribution < 1.29 is 31.1 Å². The maximum atomic E-state index is 13.2. The first-order valence-electron chi connectivity index (χ1n) is 13.8. The number of nitrogens with zero attached hydrogens (tertiary/aromatic N) is 2. The van der Waals surface area contributed by atoms with Crippen LogP contribution in [0.1, 0.15) is 69.3 Å². The number of imidazole rings is 1. The van der Waals surface area contributed by atoms with E-state index in [1.807, 2.05) is 6.07 Å². The van der Waals surface area contributed by atoms with Crippen molar-refractivity contribution in [3.8, 4) is 5.75 Å². The number of halogens is 3. The van der Waals surface area contributed by atoms with E-state index in [9.17, 15) is 26.4 Å². The van der Waals surface area contributed by atoms with E-state index in [1.54, 1.807) is 12.1 Å². The smallest absolute Gasteiger partial charge is 0.406 e. The second kappa shape index (κ2) is 10.8. The SMILES string of the molecule is CC1CC(n2c(Nc3ccc(OC(F)(F)F)cc3)nc3ccc(C(=O)NC4CCS(=O)(=O)CC4)cc32)CC(C)(C)C1. The number of anilines is 2. The quantitative estimate of drug-likeness (QED) is 0.345. The number of hydrogen-bond donors (Lipinski definition) is 2. The molecule has 8 nitrogen and oxygen atoms in total. The molecule has 2 aromatic carbocycles. The lowest BCUT2D eigenvalue weighted by Gasteiger charge is -2.40. The normalized spacial score (nSPS) is 22.8. The molecule has 2 heterocycles. The molecule has 0 radical (unpaired) electrons.